The molecule has 14 heteroatoms. The van der Waals surface area contributed by atoms with Crippen LogP contribution in [0.15, 0.2) is 35.4 Å². The number of alkyl halides is 3. The average Bonchev–Trinajstić information content (AvgIpc) is 3.59. The lowest BCUT2D eigenvalue weighted by molar-refractivity contribution is -0.184. The van der Waals surface area contributed by atoms with Gasteiger partial charge < -0.3 is 23.8 Å². The second-order valence-corrected chi connectivity index (χ2v) is 13.5. The van der Waals surface area contributed by atoms with Crippen molar-refractivity contribution >= 4 is 21.8 Å². The van der Waals surface area contributed by atoms with Crippen LogP contribution in [-0.4, -0.2) is 98.1 Å². The number of ether oxygens (including phenoxy) is 2. The van der Waals surface area contributed by atoms with Gasteiger partial charge in [0, 0.05) is 51.2 Å². The second kappa shape index (κ2) is 11.8. The zero-order valence-corrected chi connectivity index (χ0v) is 25.3. The molecule has 1 spiro atoms. The SMILES string of the molecule is COc1cc(C)c(S(=O)(=O)N2CCn3cccc3C2COCC(=O)N2CCC3(CC2)CCN(C(=O)C(F)(F)F)C3)c(C)c1. The maximum absolute atomic E-state index is 14.0. The lowest BCUT2D eigenvalue weighted by Crippen LogP contribution is -2.47. The van der Waals surface area contributed by atoms with Crippen LogP contribution in [0.2, 0.25) is 0 Å². The van der Waals surface area contributed by atoms with E-state index < -0.39 is 33.6 Å². The van der Waals surface area contributed by atoms with Crippen molar-refractivity contribution in [3.8, 4) is 5.75 Å². The van der Waals surface area contributed by atoms with Gasteiger partial charge in [0.15, 0.2) is 0 Å². The minimum Gasteiger partial charge on any atom is -0.497 e. The molecule has 1 unspecified atom stereocenters. The van der Waals surface area contributed by atoms with Gasteiger partial charge in [0.05, 0.1) is 24.7 Å². The van der Waals surface area contributed by atoms with Gasteiger partial charge in [-0.1, -0.05) is 0 Å². The summed E-state index contributed by atoms with van der Waals surface area (Å²) in [4.78, 5) is 27.4. The Hall–Kier alpha value is -3.10. The van der Waals surface area contributed by atoms with Gasteiger partial charge in [0.2, 0.25) is 15.9 Å². The lowest BCUT2D eigenvalue weighted by Gasteiger charge is -2.39. The van der Waals surface area contributed by atoms with Crippen LogP contribution in [-0.2, 0) is 30.9 Å². The Labute approximate surface area is 249 Å². The number of aryl methyl sites for hydroxylation is 2. The quantitative estimate of drug-likeness (QED) is 0.468. The minimum absolute atomic E-state index is 0.0322. The van der Waals surface area contributed by atoms with E-state index in [4.69, 9.17) is 9.47 Å². The first-order chi connectivity index (χ1) is 20.3. The fourth-order valence-electron chi connectivity index (χ4n) is 6.73. The molecule has 5 rings (SSSR count). The van der Waals surface area contributed by atoms with Gasteiger partial charge in [-0.05, 0) is 73.9 Å². The Bertz CT molecular complexity index is 1460. The Kier molecular flexibility index (Phi) is 8.58. The molecule has 236 valence electrons. The van der Waals surface area contributed by atoms with Gasteiger partial charge in [-0.15, -0.1) is 0 Å². The van der Waals surface area contributed by atoms with Gasteiger partial charge in [-0.3, -0.25) is 9.59 Å². The number of likely N-dealkylation sites (tertiary alicyclic amines) is 2. The number of hydrogen-bond donors (Lipinski definition) is 0. The largest absolute Gasteiger partial charge is 0.497 e. The zero-order chi connectivity index (χ0) is 31.2. The maximum Gasteiger partial charge on any atom is 0.471 e. The molecule has 10 nitrogen and oxygen atoms in total. The first-order valence-electron chi connectivity index (χ1n) is 14.3. The molecule has 1 aromatic heterocycles. The Balaban J connectivity index is 1.22. The number of fused-ring (bicyclic) bond motifs is 1. The molecule has 4 heterocycles. The second-order valence-electron chi connectivity index (χ2n) is 11.7. The van der Waals surface area contributed by atoms with E-state index in [0.717, 1.165) is 10.6 Å². The fraction of sp³-hybridized carbons (Fsp3) is 0.586. The number of rotatable bonds is 7. The lowest BCUT2D eigenvalue weighted by atomic mass is 9.78. The van der Waals surface area contributed by atoms with Crippen molar-refractivity contribution < 1.29 is 40.7 Å². The molecule has 0 radical (unpaired) electrons. The van der Waals surface area contributed by atoms with Crippen molar-refractivity contribution in [1.29, 1.82) is 0 Å². The fourth-order valence-corrected chi connectivity index (χ4v) is 8.72. The van der Waals surface area contributed by atoms with Gasteiger partial charge in [0.1, 0.15) is 12.4 Å². The number of halogens is 3. The van der Waals surface area contributed by atoms with E-state index in [1.807, 2.05) is 22.9 Å². The van der Waals surface area contributed by atoms with E-state index in [0.29, 0.717) is 55.8 Å². The van der Waals surface area contributed by atoms with Gasteiger partial charge >= 0.3 is 12.1 Å². The van der Waals surface area contributed by atoms with Crippen molar-refractivity contribution in [3.63, 3.8) is 0 Å². The summed E-state index contributed by atoms with van der Waals surface area (Å²) in [7, 11) is -2.40. The normalized spacial score (nSPS) is 20.8. The van der Waals surface area contributed by atoms with Gasteiger partial charge in [-0.2, -0.15) is 17.5 Å². The molecule has 3 aliphatic rings. The van der Waals surface area contributed by atoms with Crippen molar-refractivity contribution in [2.24, 2.45) is 5.41 Å². The van der Waals surface area contributed by atoms with Crippen LogP contribution in [0.25, 0.3) is 0 Å². The van der Waals surface area contributed by atoms with Crippen LogP contribution >= 0.6 is 0 Å². The van der Waals surface area contributed by atoms with Crippen LogP contribution in [0.4, 0.5) is 13.2 Å². The van der Waals surface area contributed by atoms with Gasteiger partial charge in [0.25, 0.3) is 0 Å². The summed E-state index contributed by atoms with van der Waals surface area (Å²) in [5.74, 6) is -1.50. The van der Waals surface area contributed by atoms with Crippen molar-refractivity contribution in [1.82, 2.24) is 18.7 Å². The molecular weight excluding hydrogens is 589 g/mol. The summed E-state index contributed by atoms with van der Waals surface area (Å²) < 4.78 is 81.3. The van der Waals surface area contributed by atoms with Crippen LogP contribution in [0.1, 0.15) is 42.1 Å². The average molecular weight is 627 g/mol. The number of piperidine rings is 1. The van der Waals surface area contributed by atoms with E-state index in [1.165, 1.54) is 11.4 Å². The van der Waals surface area contributed by atoms with Crippen LogP contribution in [0.3, 0.4) is 0 Å². The molecule has 0 N–H and O–H groups in total. The number of methoxy groups -OCH3 is 1. The molecule has 2 saturated heterocycles. The summed E-state index contributed by atoms with van der Waals surface area (Å²) in [5, 5.41) is 0. The summed E-state index contributed by atoms with van der Waals surface area (Å²) in [6.07, 6.45) is -1.52. The highest BCUT2D eigenvalue weighted by Gasteiger charge is 2.49. The Morgan fingerprint density at radius 2 is 1.63 bits per heavy atom. The molecule has 1 aromatic carbocycles. The number of sulfonamides is 1. The summed E-state index contributed by atoms with van der Waals surface area (Å²) in [6.45, 7) is 4.73. The van der Waals surface area contributed by atoms with E-state index in [2.05, 4.69) is 0 Å². The molecule has 0 bridgehead atoms. The van der Waals surface area contributed by atoms with Crippen molar-refractivity contribution in [2.45, 2.75) is 56.8 Å². The Morgan fingerprint density at radius 1 is 1.00 bits per heavy atom. The molecule has 0 saturated carbocycles. The number of aromatic nitrogens is 1. The van der Waals surface area contributed by atoms with Crippen molar-refractivity contribution in [3.05, 3.63) is 47.3 Å². The molecule has 1 atom stereocenters. The summed E-state index contributed by atoms with van der Waals surface area (Å²) in [6, 6.07) is 6.43. The van der Waals surface area contributed by atoms with E-state index in [-0.39, 0.29) is 43.7 Å². The monoisotopic (exact) mass is 626 g/mol. The first-order valence-corrected chi connectivity index (χ1v) is 15.7. The van der Waals surface area contributed by atoms with Crippen LogP contribution in [0.5, 0.6) is 5.75 Å². The molecule has 0 aliphatic carbocycles. The summed E-state index contributed by atoms with van der Waals surface area (Å²) >= 11 is 0. The summed E-state index contributed by atoms with van der Waals surface area (Å²) in [5.41, 5.74) is 1.50. The minimum atomic E-state index is -4.89. The molecule has 2 amide bonds. The molecular formula is C29H37F3N4O6S. The third-order valence-corrected chi connectivity index (χ3v) is 11.2. The van der Waals surface area contributed by atoms with E-state index >= 15 is 0 Å². The number of carbonyl (C=O) groups is 2. The highest BCUT2D eigenvalue weighted by molar-refractivity contribution is 7.89. The number of hydrogen-bond acceptors (Lipinski definition) is 6. The van der Waals surface area contributed by atoms with Crippen molar-refractivity contribution in [2.75, 3.05) is 53.0 Å². The highest BCUT2D eigenvalue weighted by atomic mass is 32.2. The maximum atomic E-state index is 14.0. The number of amides is 2. The number of nitrogens with zero attached hydrogens (tertiary/aromatic N) is 4. The van der Waals surface area contributed by atoms with E-state index in [1.54, 1.807) is 30.9 Å². The van der Waals surface area contributed by atoms with Crippen LogP contribution in [0, 0.1) is 19.3 Å². The smallest absolute Gasteiger partial charge is 0.471 e. The topological polar surface area (TPSA) is 101 Å². The zero-order valence-electron chi connectivity index (χ0n) is 24.5. The third-order valence-electron chi connectivity index (χ3n) is 9.00. The molecule has 2 aromatic rings. The third kappa shape index (κ3) is 6.14. The van der Waals surface area contributed by atoms with E-state index in [9.17, 15) is 31.2 Å². The first kappa shape index (κ1) is 31.3. The molecule has 2 fully saturated rings. The predicted molar refractivity (Wildman–Crippen MR) is 150 cm³/mol. The highest BCUT2D eigenvalue weighted by Crippen LogP contribution is 2.41. The van der Waals surface area contributed by atoms with Crippen LogP contribution < -0.4 is 4.74 Å². The molecule has 43 heavy (non-hydrogen) atoms. The van der Waals surface area contributed by atoms with Gasteiger partial charge in [-0.25, -0.2) is 8.42 Å². The number of benzene rings is 1. The predicted octanol–water partition coefficient (Wildman–Crippen LogP) is 3.28. The standard InChI is InChI=1S/C29H37F3N4O6S/c1-20-15-22(41-3)16-21(2)26(20)43(39,40)36-14-13-33-9-4-5-23(33)24(36)17-42-18-25(37)34-10-6-28(7-11-34)8-12-35(19-28)27(38)29(30,31)32/h4-5,9,15-16,24H,6-8,10-14,17-19H2,1-3H3. The Morgan fingerprint density at radius 3 is 2.23 bits per heavy atom. The number of carbonyl (C=O) groups excluding carboxylic acids is 2. The molecule has 3 aliphatic heterocycles.